The molecule has 98 valence electrons. The minimum atomic E-state index is -0.0484. The topological polar surface area (TPSA) is 30.9 Å². The van der Waals surface area contributed by atoms with Gasteiger partial charge in [-0.05, 0) is 26.6 Å². The first-order valence-electron chi connectivity index (χ1n) is 5.98. The van der Waals surface area contributed by atoms with Crippen LogP contribution >= 0.6 is 0 Å². The van der Waals surface area contributed by atoms with E-state index in [4.69, 9.17) is 14.2 Å². The molecular formula is C11H27NO3Si. The van der Waals surface area contributed by atoms with Crippen LogP contribution in [0.1, 0.15) is 6.42 Å². The normalized spacial score (nSPS) is 12.4. The van der Waals surface area contributed by atoms with Gasteiger partial charge in [0.05, 0.1) is 6.61 Å². The highest BCUT2D eigenvalue weighted by molar-refractivity contribution is 6.35. The second kappa shape index (κ2) is 11.5. The molecule has 0 saturated carbocycles. The fourth-order valence-electron chi connectivity index (χ4n) is 1.37. The van der Waals surface area contributed by atoms with E-state index < -0.39 is 0 Å². The fourth-order valence-corrected chi connectivity index (χ4v) is 3.02. The molecule has 0 heterocycles. The SMILES string of the molecule is COC(C[SiH2]CCCOCCN(C)C)OC. The van der Waals surface area contributed by atoms with E-state index in [2.05, 4.69) is 19.0 Å². The summed E-state index contributed by atoms with van der Waals surface area (Å²) < 4.78 is 15.8. The average Bonchev–Trinajstić information content (AvgIpc) is 2.27. The van der Waals surface area contributed by atoms with Crippen LogP contribution in [0.5, 0.6) is 0 Å². The Morgan fingerprint density at radius 1 is 1.12 bits per heavy atom. The predicted octanol–water partition coefficient (Wildman–Crippen LogP) is 0.579. The second-order valence-corrected chi connectivity index (χ2v) is 6.16. The molecule has 5 heteroatoms. The average molecular weight is 249 g/mol. The van der Waals surface area contributed by atoms with Gasteiger partial charge in [0.2, 0.25) is 0 Å². The summed E-state index contributed by atoms with van der Waals surface area (Å²) in [6.07, 6.45) is 1.20. The van der Waals surface area contributed by atoms with Crippen LogP contribution in [-0.2, 0) is 14.2 Å². The van der Waals surface area contributed by atoms with Crippen LogP contribution in [0.15, 0.2) is 0 Å². The van der Waals surface area contributed by atoms with Crippen molar-refractivity contribution in [2.45, 2.75) is 24.8 Å². The van der Waals surface area contributed by atoms with Crippen LogP contribution in [0.4, 0.5) is 0 Å². The number of hydrogen-bond donors (Lipinski definition) is 0. The maximum atomic E-state index is 5.52. The first kappa shape index (κ1) is 16.1. The lowest BCUT2D eigenvalue weighted by Gasteiger charge is -2.12. The first-order valence-corrected chi connectivity index (χ1v) is 7.98. The highest BCUT2D eigenvalue weighted by Gasteiger charge is 2.03. The molecule has 0 bridgehead atoms. The van der Waals surface area contributed by atoms with Gasteiger partial charge in [-0.25, -0.2) is 0 Å². The smallest absolute Gasteiger partial charge is 0.153 e. The Labute approximate surface area is 102 Å². The summed E-state index contributed by atoms with van der Waals surface area (Å²) in [5.74, 6) is 0. The first-order chi connectivity index (χ1) is 7.70. The number of likely N-dealkylation sites (N-methyl/N-ethyl adjacent to an activating group) is 1. The second-order valence-electron chi connectivity index (χ2n) is 4.17. The van der Waals surface area contributed by atoms with E-state index in [-0.39, 0.29) is 15.8 Å². The number of nitrogens with zero attached hydrogens (tertiary/aromatic N) is 1. The Bertz CT molecular complexity index is 143. The molecule has 0 saturated heterocycles. The van der Waals surface area contributed by atoms with Gasteiger partial charge in [-0.15, -0.1) is 0 Å². The third-order valence-electron chi connectivity index (χ3n) is 2.44. The van der Waals surface area contributed by atoms with Crippen molar-refractivity contribution in [2.75, 3.05) is 48.1 Å². The maximum Gasteiger partial charge on any atom is 0.153 e. The molecule has 0 aromatic heterocycles. The zero-order chi connectivity index (χ0) is 12.2. The molecule has 0 aromatic rings. The van der Waals surface area contributed by atoms with Crippen molar-refractivity contribution in [3.8, 4) is 0 Å². The molecule has 4 nitrogen and oxygen atoms in total. The van der Waals surface area contributed by atoms with E-state index in [1.54, 1.807) is 14.2 Å². The molecule has 0 unspecified atom stereocenters. The molecule has 16 heavy (non-hydrogen) atoms. The van der Waals surface area contributed by atoms with Crippen LogP contribution in [0.3, 0.4) is 0 Å². The number of methoxy groups -OCH3 is 2. The summed E-state index contributed by atoms with van der Waals surface area (Å²) in [7, 11) is 7.48. The summed E-state index contributed by atoms with van der Waals surface area (Å²) in [5, 5.41) is 0. The molecule has 0 N–H and O–H groups in total. The Morgan fingerprint density at radius 3 is 2.38 bits per heavy atom. The number of ether oxygens (including phenoxy) is 3. The number of rotatable bonds is 11. The van der Waals surface area contributed by atoms with E-state index in [0.717, 1.165) is 25.8 Å². The Balaban J connectivity index is 3.09. The molecule has 0 atom stereocenters. The zero-order valence-corrected chi connectivity index (χ0v) is 12.6. The summed E-state index contributed by atoms with van der Waals surface area (Å²) in [6.45, 7) is 2.74. The Morgan fingerprint density at radius 2 is 1.81 bits per heavy atom. The molecule has 0 aliphatic rings. The van der Waals surface area contributed by atoms with Crippen molar-refractivity contribution in [1.29, 1.82) is 0 Å². The van der Waals surface area contributed by atoms with Crippen molar-refractivity contribution in [3.63, 3.8) is 0 Å². The van der Waals surface area contributed by atoms with Gasteiger partial charge in [0.15, 0.2) is 6.29 Å². The van der Waals surface area contributed by atoms with Gasteiger partial charge in [-0.1, -0.05) is 6.04 Å². The highest BCUT2D eigenvalue weighted by Crippen LogP contribution is 2.01. The van der Waals surface area contributed by atoms with E-state index in [1.807, 2.05) is 0 Å². The van der Waals surface area contributed by atoms with Gasteiger partial charge in [0, 0.05) is 36.9 Å². The molecule has 0 aliphatic heterocycles. The van der Waals surface area contributed by atoms with Gasteiger partial charge >= 0.3 is 0 Å². The van der Waals surface area contributed by atoms with Crippen LogP contribution < -0.4 is 0 Å². The fraction of sp³-hybridized carbons (Fsp3) is 1.00. The number of hydrogen-bond acceptors (Lipinski definition) is 4. The van der Waals surface area contributed by atoms with Crippen LogP contribution in [0.25, 0.3) is 0 Å². The lowest BCUT2D eigenvalue weighted by atomic mass is 10.5. The van der Waals surface area contributed by atoms with Gasteiger partial charge in [-0.3, -0.25) is 0 Å². The predicted molar refractivity (Wildman–Crippen MR) is 70.0 cm³/mol. The molecule has 0 rings (SSSR count). The Kier molecular flexibility index (Phi) is 11.6. The van der Waals surface area contributed by atoms with Crippen LogP contribution in [-0.4, -0.2) is 68.8 Å². The molecule has 0 amide bonds. The quantitative estimate of drug-likeness (QED) is 0.304. The highest BCUT2D eigenvalue weighted by atomic mass is 28.2. The molecule has 0 aliphatic carbocycles. The third kappa shape index (κ3) is 10.6. The van der Waals surface area contributed by atoms with E-state index in [1.165, 1.54) is 12.5 Å². The molecule has 0 aromatic carbocycles. The van der Waals surface area contributed by atoms with E-state index in [0.29, 0.717) is 0 Å². The summed E-state index contributed by atoms with van der Waals surface area (Å²) in [5.41, 5.74) is 0. The Hall–Kier alpha value is 0.0569. The van der Waals surface area contributed by atoms with E-state index >= 15 is 0 Å². The zero-order valence-electron chi connectivity index (χ0n) is 11.2. The van der Waals surface area contributed by atoms with E-state index in [9.17, 15) is 0 Å². The molecule has 0 radical (unpaired) electrons. The molecule has 0 fully saturated rings. The minimum absolute atomic E-state index is 0.0151. The summed E-state index contributed by atoms with van der Waals surface area (Å²) in [6, 6.07) is 2.41. The summed E-state index contributed by atoms with van der Waals surface area (Å²) in [4.78, 5) is 2.14. The minimum Gasteiger partial charge on any atom is -0.380 e. The van der Waals surface area contributed by atoms with Crippen molar-refractivity contribution in [2.24, 2.45) is 0 Å². The van der Waals surface area contributed by atoms with Gasteiger partial charge in [0.25, 0.3) is 0 Å². The van der Waals surface area contributed by atoms with Crippen molar-refractivity contribution >= 4 is 9.52 Å². The maximum absolute atomic E-state index is 5.52. The van der Waals surface area contributed by atoms with Crippen LogP contribution in [0, 0.1) is 0 Å². The monoisotopic (exact) mass is 249 g/mol. The van der Waals surface area contributed by atoms with Gasteiger partial charge < -0.3 is 19.1 Å². The molecular weight excluding hydrogens is 222 g/mol. The van der Waals surface area contributed by atoms with Gasteiger partial charge in [-0.2, -0.15) is 0 Å². The van der Waals surface area contributed by atoms with Crippen molar-refractivity contribution < 1.29 is 14.2 Å². The third-order valence-corrected chi connectivity index (χ3v) is 4.32. The molecule has 0 spiro atoms. The largest absolute Gasteiger partial charge is 0.380 e. The lowest BCUT2D eigenvalue weighted by Crippen LogP contribution is -2.18. The van der Waals surface area contributed by atoms with Crippen LogP contribution in [0.2, 0.25) is 12.1 Å². The van der Waals surface area contributed by atoms with Crippen molar-refractivity contribution in [1.82, 2.24) is 4.90 Å². The lowest BCUT2D eigenvalue weighted by molar-refractivity contribution is -0.0876. The summed E-state index contributed by atoms with van der Waals surface area (Å²) >= 11 is 0. The standard InChI is InChI=1S/C11H27NO3Si/c1-12(2)6-8-15-7-5-9-16-10-11(13-3)14-4/h11H,5-10,16H2,1-4H3. The van der Waals surface area contributed by atoms with Crippen molar-refractivity contribution in [3.05, 3.63) is 0 Å². The van der Waals surface area contributed by atoms with Gasteiger partial charge in [0.1, 0.15) is 0 Å².